The summed E-state index contributed by atoms with van der Waals surface area (Å²) in [5.41, 5.74) is 2.51. The van der Waals surface area contributed by atoms with E-state index >= 15 is 0 Å². The Balaban J connectivity index is 2.14. The van der Waals surface area contributed by atoms with Crippen molar-refractivity contribution < 1.29 is 5.11 Å². The van der Waals surface area contributed by atoms with E-state index in [1.807, 2.05) is 0 Å². The van der Waals surface area contributed by atoms with Crippen molar-refractivity contribution in [1.29, 1.82) is 0 Å². The molecule has 0 saturated heterocycles. The highest BCUT2D eigenvalue weighted by Crippen LogP contribution is 2.27. The van der Waals surface area contributed by atoms with Crippen LogP contribution in [0.2, 0.25) is 10.0 Å². The van der Waals surface area contributed by atoms with Crippen LogP contribution in [0.1, 0.15) is 16.5 Å². The lowest BCUT2D eigenvalue weighted by atomic mass is 10.1. The predicted octanol–water partition coefficient (Wildman–Crippen LogP) is 3.73. The Kier molecular flexibility index (Phi) is 3.82. The average Bonchev–Trinajstić information content (AvgIpc) is 2.74. The summed E-state index contributed by atoms with van der Waals surface area (Å²) in [7, 11) is 0. The molecule has 1 aromatic heterocycles. The average molecular weight is 274 g/mol. The lowest BCUT2D eigenvalue weighted by Crippen LogP contribution is -2.00. The van der Waals surface area contributed by atoms with Gasteiger partial charge in [-0.2, -0.15) is 0 Å². The molecule has 0 saturated carbocycles. The monoisotopic (exact) mass is 273 g/mol. The standard InChI is InChI=1S/C11H9Cl2NOS/c12-9-2-1-7(3-10(9)13)11(15)4-8-5-14-6-16-8/h1-3,5-6,11,15H,4H2. The fourth-order valence-corrected chi connectivity index (χ4v) is 2.31. The van der Waals surface area contributed by atoms with Crippen molar-refractivity contribution in [3.8, 4) is 0 Å². The van der Waals surface area contributed by atoms with Crippen molar-refractivity contribution in [1.82, 2.24) is 4.98 Å². The summed E-state index contributed by atoms with van der Waals surface area (Å²) in [5, 5.41) is 10.9. The number of aromatic nitrogens is 1. The molecule has 1 unspecified atom stereocenters. The van der Waals surface area contributed by atoms with Crippen LogP contribution in [0, 0.1) is 0 Å². The molecule has 0 bridgehead atoms. The van der Waals surface area contributed by atoms with E-state index in [0.29, 0.717) is 16.5 Å². The molecule has 0 amide bonds. The van der Waals surface area contributed by atoms with E-state index in [1.165, 1.54) is 11.3 Å². The first-order chi connectivity index (χ1) is 7.66. The fourth-order valence-electron chi connectivity index (χ4n) is 1.37. The SMILES string of the molecule is OC(Cc1cncs1)c1ccc(Cl)c(Cl)c1. The van der Waals surface area contributed by atoms with Crippen LogP contribution in [0.15, 0.2) is 29.9 Å². The van der Waals surface area contributed by atoms with Gasteiger partial charge in [0.05, 0.1) is 21.7 Å². The molecule has 2 nitrogen and oxygen atoms in total. The van der Waals surface area contributed by atoms with Gasteiger partial charge in [0, 0.05) is 17.5 Å². The number of thiazole rings is 1. The minimum atomic E-state index is -0.574. The van der Waals surface area contributed by atoms with Crippen LogP contribution < -0.4 is 0 Å². The van der Waals surface area contributed by atoms with E-state index in [1.54, 1.807) is 29.9 Å². The summed E-state index contributed by atoms with van der Waals surface area (Å²) in [4.78, 5) is 5.00. The summed E-state index contributed by atoms with van der Waals surface area (Å²) in [6.45, 7) is 0. The van der Waals surface area contributed by atoms with E-state index in [2.05, 4.69) is 4.98 Å². The first kappa shape index (κ1) is 11.9. The van der Waals surface area contributed by atoms with E-state index in [-0.39, 0.29) is 0 Å². The summed E-state index contributed by atoms with van der Waals surface area (Å²) in [6.07, 6.45) is 1.73. The smallest absolute Gasteiger partial charge is 0.0839 e. The Morgan fingerprint density at radius 3 is 2.75 bits per heavy atom. The van der Waals surface area contributed by atoms with E-state index in [4.69, 9.17) is 23.2 Å². The Hall–Kier alpha value is -0.610. The second-order valence-electron chi connectivity index (χ2n) is 3.36. The summed E-state index contributed by atoms with van der Waals surface area (Å²) >= 11 is 13.2. The molecule has 1 atom stereocenters. The molecule has 0 spiro atoms. The van der Waals surface area contributed by atoms with Gasteiger partial charge in [-0.25, -0.2) is 0 Å². The highest BCUT2D eigenvalue weighted by Gasteiger charge is 2.11. The Morgan fingerprint density at radius 2 is 2.12 bits per heavy atom. The molecule has 1 aromatic carbocycles. The lowest BCUT2D eigenvalue weighted by molar-refractivity contribution is 0.179. The molecule has 1 N–H and O–H groups in total. The molecular weight excluding hydrogens is 265 g/mol. The minimum Gasteiger partial charge on any atom is -0.388 e. The van der Waals surface area contributed by atoms with Crippen LogP contribution in [0.25, 0.3) is 0 Å². The van der Waals surface area contributed by atoms with Gasteiger partial charge in [-0.3, -0.25) is 4.98 Å². The first-order valence-corrected chi connectivity index (χ1v) is 6.31. The van der Waals surface area contributed by atoms with Crippen LogP contribution in [-0.2, 0) is 6.42 Å². The number of hydrogen-bond acceptors (Lipinski definition) is 3. The van der Waals surface area contributed by atoms with Crippen LogP contribution >= 0.6 is 34.5 Å². The Labute approximate surface area is 107 Å². The van der Waals surface area contributed by atoms with Gasteiger partial charge in [-0.05, 0) is 17.7 Å². The quantitative estimate of drug-likeness (QED) is 0.925. The highest BCUT2D eigenvalue weighted by molar-refractivity contribution is 7.09. The number of nitrogens with zero attached hydrogens (tertiary/aromatic N) is 1. The molecule has 5 heteroatoms. The van der Waals surface area contributed by atoms with Gasteiger partial charge in [-0.15, -0.1) is 11.3 Å². The van der Waals surface area contributed by atoms with Crippen molar-refractivity contribution in [2.45, 2.75) is 12.5 Å². The van der Waals surface area contributed by atoms with E-state index in [9.17, 15) is 5.11 Å². The second-order valence-corrected chi connectivity index (χ2v) is 5.15. The first-order valence-electron chi connectivity index (χ1n) is 4.67. The molecule has 2 rings (SSSR count). The largest absolute Gasteiger partial charge is 0.388 e. The van der Waals surface area contributed by atoms with Gasteiger partial charge < -0.3 is 5.11 Å². The van der Waals surface area contributed by atoms with E-state index < -0.39 is 6.10 Å². The number of rotatable bonds is 3. The summed E-state index contributed by atoms with van der Waals surface area (Å²) < 4.78 is 0. The highest BCUT2D eigenvalue weighted by atomic mass is 35.5. The van der Waals surface area contributed by atoms with Crippen molar-refractivity contribution >= 4 is 34.5 Å². The zero-order valence-electron chi connectivity index (χ0n) is 8.23. The van der Waals surface area contributed by atoms with Crippen molar-refractivity contribution in [2.75, 3.05) is 0 Å². The van der Waals surface area contributed by atoms with Gasteiger partial charge in [0.15, 0.2) is 0 Å². The molecule has 0 aliphatic heterocycles. The molecule has 0 aliphatic carbocycles. The molecule has 0 fully saturated rings. The van der Waals surface area contributed by atoms with Gasteiger partial charge in [0.25, 0.3) is 0 Å². The third-order valence-corrected chi connectivity index (χ3v) is 3.75. The maximum atomic E-state index is 9.98. The number of benzene rings is 1. The van der Waals surface area contributed by atoms with Crippen LogP contribution in [0.3, 0.4) is 0 Å². The minimum absolute atomic E-state index is 0.461. The van der Waals surface area contributed by atoms with Crippen molar-refractivity contribution in [2.24, 2.45) is 0 Å². The molecule has 0 radical (unpaired) electrons. The van der Waals surface area contributed by atoms with Gasteiger partial charge >= 0.3 is 0 Å². The van der Waals surface area contributed by atoms with Crippen molar-refractivity contribution in [3.63, 3.8) is 0 Å². The number of aliphatic hydroxyl groups excluding tert-OH is 1. The van der Waals surface area contributed by atoms with Gasteiger partial charge in [-0.1, -0.05) is 29.3 Å². The van der Waals surface area contributed by atoms with Gasteiger partial charge in [0.1, 0.15) is 0 Å². The van der Waals surface area contributed by atoms with Crippen molar-refractivity contribution in [3.05, 3.63) is 50.4 Å². The van der Waals surface area contributed by atoms with Crippen LogP contribution in [0.4, 0.5) is 0 Å². The number of aliphatic hydroxyl groups is 1. The molecular formula is C11H9Cl2NOS. The lowest BCUT2D eigenvalue weighted by Gasteiger charge is -2.10. The molecule has 2 aromatic rings. The van der Waals surface area contributed by atoms with Crippen LogP contribution in [0.5, 0.6) is 0 Å². The summed E-state index contributed by atoms with van der Waals surface area (Å²) in [6, 6.07) is 5.16. The zero-order valence-corrected chi connectivity index (χ0v) is 10.6. The Morgan fingerprint density at radius 1 is 1.31 bits per heavy atom. The maximum absolute atomic E-state index is 9.98. The third kappa shape index (κ3) is 2.74. The number of halogens is 2. The Bertz CT molecular complexity index is 473. The zero-order chi connectivity index (χ0) is 11.5. The maximum Gasteiger partial charge on any atom is 0.0839 e. The van der Waals surface area contributed by atoms with Crippen LogP contribution in [-0.4, -0.2) is 10.1 Å². The third-order valence-electron chi connectivity index (χ3n) is 2.21. The van der Waals surface area contributed by atoms with E-state index in [0.717, 1.165) is 10.4 Å². The molecule has 84 valence electrons. The fraction of sp³-hybridized carbons (Fsp3) is 0.182. The summed E-state index contributed by atoms with van der Waals surface area (Å²) in [5.74, 6) is 0. The second kappa shape index (κ2) is 5.15. The molecule has 0 aliphatic rings. The molecule has 16 heavy (non-hydrogen) atoms. The topological polar surface area (TPSA) is 33.1 Å². The van der Waals surface area contributed by atoms with Gasteiger partial charge in [0.2, 0.25) is 0 Å². The normalized spacial score (nSPS) is 12.7. The molecule has 1 heterocycles. The number of hydrogen-bond donors (Lipinski definition) is 1. The predicted molar refractivity (Wildman–Crippen MR) is 67.2 cm³/mol.